The molecule has 1 aliphatic carbocycles. The molecule has 122 valence electrons. The van der Waals surface area contributed by atoms with E-state index in [1.54, 1.807) is 0 Å². The van der Waals surface area contributed by atoms with E-state index in [1.165, 1.54) is 0 Å². The minimum absolute atomic E-state index is 0.0234. The van der Waals surface area contributed by atoms with Gasteiger partial charge in [0.1, 0.15) is 11.2 Å². The van der Waals surface area contributed by atoms with Gasteiger partial charge in [0.25, 0.3) is 0 Å². The van der Waals surface area contributed by atoms with E-state index in [1.807, 2.05) is 60.5 Å². The summed E-state index contributed by atoms with van der Waals surface area (Å²) >= 11 is 0. The smallest absolute Gasteiger partial charge is 0.310 e. The molecule has 2 atom stereocenters. The average Bonchev–Trinajstić information content (AvgIpc) is 2.85. The summed E-state index contributed by atoms with van der Waals surface area (Å²) in [5.41, 5.74) is -1.08. The van der Waals surface area contributed by atoms with Crippen LogP contribution in [0.15, 0.2) is 0 Å². The Hall–Kier alpha value is -1.10. The van der Waals surface area contributed by atoms with Gasteiger partial charge in [0.15, 0.2) is 0 Å². The van der Waals surface area contributed by atoms with Crippen LogP contribution < -0.4 is 0 Å². The molecule has 0 N–H and O–H groups in total. The van der Waals surface area contributed by atoms with Gasteiger partial charge in [-0.1, -0.05) is 0 Å². The van der Waals surface area contributed by atoms with E-state index in [2.05, 4.69) is 0 Å². The van der Waals surface area contributed by atoms with Crippen LogP contribution in [0.5, 0.6) is 0 Å². The van der Waals surface area contributed by atoms with Crippen molar-refractivity contribution in [1.29, 1.82) is 0 Å². The Morgan fingerprint density at radius 3 is 1.43 bits per heavy atom. The molecule has 0 aromatic carbocycles. The van der Waals surface area contributed by atoms with E-state index in [0.29, 0.717) is 6.54 Å². The van der Waals surface area contributed by atoms with Crippen LogP contribution in [0.3, 0.4) is 0 Å². The minimum atomic E-state index is -0.541. The maximum absolute atomic E-state index is 12.2. The predicted molar refractivity (Wildman–Crippen MR) is 80.7 cm³/mol. The van der Waals surface area contributed by atoms with Crippen LogP contribution in [-0.2, 0) is 19.1 Å². The van der Waals surface area contributed by atoms with Crippen LogP contribution in [0, 0.1) is 17.8 Å². The number of hydrogen-bond acceptors (Lipinski definition) is 5. The van der Waals surface area contributed by atoms with Gasteiger partial charge in [0.2, 0.25) is 0 Å². The van der Waals surface area contributed by atoms with Gasteiger partial charge in [-0.15, -0.1) is 0 Å². The summed E-state index contributed by atoms with van der Waals surface area (Å²) in [7, 11) is 3.85. The van der Waals surface area contributed by atoms with Gasteiger partial charge in [-0.05, 0) is 61.6 Å². The van der Waals surface area contributed by atoms with E-state index < -0.39 is 11.2 Å². The van der Waals surface area contributed by atoms with Crippen molar-refractivity contribution in [2.75, 3.05) is 20.6 Å². The van der Waals surface area contributed by atoms with Crippen LogP contribution in [-0.4, -0.2) is 48.7 Å². The monoisotopic (exact) mass is 299 g/mol. The average molecular weight is 299 g/mol. The second-order valence-electron chi connectivity index (χ2n) is 8.04. The molecular formula is C16H29NO4. The van der Waals surface area contributed by atoms with E-state index >= 15 is 0 Å². The Bertz CT molecular complexity index is 369. The van der Waals surface area contributed by atoms with Crippen LogP contribution in [0.4, 0.5) is 0 Å². The molecule has 0 unspecified atom stereocenters. The fraction of sp³-hybridized carbons (Fsp3) is 0.875. The molecule has 5 nitrogen and oxygen atoms in total. The highest BCUT2D eigenvalue weighted by molar-refractivity contribution is 5.88. The molecule has 21 heavy (non-hydrogen) atoms. The minimum Gasteiger partial charge on any atom is -0.460 e. The summed E-state index contributed by atoms with van der Waals surface area (Å²) in [5.74, 6) is -1.40. The van der Waals surface area contributed by atoms with Crippen LogP contribution in [0.1, 0.15) is 41.5 Å². The first-order valence-corrected chi connectivity index (χ1v) is 7.42. The molecule has 0 bridgehead atoms. The summed E-state index contributed by atoms with van der Waals surface area (Å²) in [6.45, 7) is 11.7. The van der Waals surface area contributed by atoms with Crippen molar-refractivity contribution < 1.29 is 19.1 Å². The van der Waals surface area contributed by atoms with E-state index in [9.17, 15) is 9.59 Å². The fourth-order valence-electron chi connectivity index (χ4n) is 2.41. The van der Waals surface area contributed by atoms with Gasteiger partial charge in [-0.3, -0.25) is 9.59 Å². The Morgan fingerprint density at radius 1 is 0.857 bits per heavy atom. The van der Waals surface area contributed by atoms with Crippen molar-refractivity contribution in [1.82, 2.24) is 4.90 Å². The van der Waals surface area contributed by atoms with E-state index in [4.69, 9.17) is 9.47 Å². The zero-order chi connectivity index (χ0) is 16.6. The zero-order valence-electron chi connectivity index (χ0n) is 14.5. The van der Waals surface area contributed by atoms with E-state index in [-0.39, 0.29) is 29.7 Å². The van der Waals surface area contributed by atoms with Crippen molar-refractivity contribution in [3.63, 3.8) is 0 Å². The summed E-state index contributed by atoms with van der Waals surface area (Å²) in [5, 5.41) is 0. The largest absolute Gasteiger partial charge is 0.460 e. The highest BCUT2D eigenvalue weighted by Crippen LogP contribution is 2.49. The maximum Gasteiger partial charge on any atom is 0.310 e. The maximum atomic E-state index is 12.2. The molecule has 0 radical (unpaired) electrons. The molecule has 1 saturated carbocycles. The number of carbonyl (C=O) groups excluding carboxylic acids is 2. The summed E-state index contributed by atoms with van der Waals surface area (Å²) in [6, 6.07) is 0. The number of ether oxygens (including phenoxy) is 2. The molecule has 1 rings (SSSR count). The first-order chi connectivity index (χ1) is 9.32. The summed E-state index contributed by atoms with van der Waals surface area (Å²) in [6.07, 6.45) is 0. The van der Waals surface area contributed by atoms with Gasteiger partial charge < -0.3 is 14.4 Å². The summed E-state index contributed by atoms with van der Waals surface area (Å²) in [4.78, 5) is 26.5. The van der Waals surface area contributed by atoms with Crippen molar-refractivity contribution in [3.8, 4) is 0 Å². The third-order valence-corrected chi connectivity index (χ3v) is 3.10. The lowest BCUT2D eigenvalue weighted by Crippen LogP contribution is -2.28. The molecule has 0 amide bonds. The van der Waals surface area contributed by atoms with Crippen molar-refractivity contribution in [3.05, 3.63) is 0 Å². The fourth-order valence-corrected chi connectivity index (χ4v) is 2.41. The molecule has 5 heteroatoms. The molecule has 0 aromatic rings. The Kier molecular flexibility index (Phi) is 5.09. The second kappa shape index (κ2) is 5.95. The van der Waals surface area contributed by atoms with Gasteiger partial charge in [-0.25, -0.2) is 0 Å². The standard InChI is InChI=1S/C16H29NO4/c1-15(2,3)20-13(18)11-10(9-17(7)8)12(11)14(19)21-16(4,5)6/h10-12H,9H2,1-8H3/t11-,12-/m1/s1. The lowest BCUT2D eigenvalue weighted by Gasteiger charge is -2.20. The zero-order valence-corrected chi connectivity index (χ0v) is 14.5. The predicted octanol–water partition coefficient (Wildman–Crippen LogP) is 2.09. The van der Waals surface area contributed by atoms with Crippen LogP contribution in [0.2, 0.25) is 0 Å². The highest BCUT2D eigenvalue weighted by atomic mass is 16.6. The molecular weight excluding hydrogens is 270 g/mol. The Balaban J connectivity index is 2.76. The lowest BCUT2D eigenvalue weighted by molar-refractivity contribution is -0.163. The van der Waals surface area contributed by atoms with Crippen molar-refractivity contribution in [2.45, 2.75) is 52.7 Å². The van der Waals surface area contributed by atoms with E-state index in [0.717, 1.165) is 0 Å². The Labute approximate surface area is 128 Å². The SMILES string of the molecule is CN(C)CC1[C@@H](C(=O)OC(C)(C)C)[C@@H]1C(=O)OC(C)(C)C. The third-order valence-electron chi connectivity index (χ3n) is 3.10. The molecule has 1 fully saturated rings. The molecule has 0 heterocycles. The quantitative estimate of drug-likeness (QED) is 0.744. The molecule has 1 aliphatic rings. The van der Waals surface area contributed by atoms with Crippen LogP contribution >= 0.6 is 0 Å². The number of hydrogen-bond donors (Lipinski definition) is 0. The number of esters is 2. The second-order valence-corrected chi connectivity index (χ2v) is 8.04. The number of nitrogens with zero attached hydrogens (tertiary/aromatic N) is 1. The first kappa shape index (κ1) is 18.0. The first-order valence-electron chi connectivity index (χ1n) is 7.42. The van der Waals surface area contributed by atoms with Crippen LogP contribution in [0.25, 0.3) is 0 Å². The normalized spacial score (nSPS) is 25.7. The lowest BCUT2D eigenvalue weighted by atomic mass is 10.2. The molecule has 0 spiro atoms. The Morgan fingerprint density at radius 2 is 1.19 bits per heavy atom. The molecule has 0 aliphatic heterocycles. The number of carbonyl (C=O) groups is 2. The highest BCUT2D eigenvalue weighted by Gasteiger charge is 2.61. The summed E-state index contributed by atoms with van der Waals surface area (Å²) < 4.78 is 10.8. The van der Waals surface area contributed by atoms with Gasteiger partial charge in [-0.2, -0.15) is 0 Å². The topological polar surface area (TPSA) is 55.8 Å². The van der Waals surface area contributed by atoms with Gasteiger partial charge in [0.05, 0.1) is 11.8 Å². The van der Waals surface area contributed by atoms with Gasteiger partial charge >= 0.3 is 11.9 Å². The number of rotatable bonds is 4. The molecule has 0 saturated heterocycles. The van der Waals surface area contributed by atoms with Gasteiger partial charge in [0, 0.05) is 6.54 Å². The van der Waals surface area contributed by atoms with Crippen molar-refractivity contribution in [2.24, 2.45) is 17.8 Å². The molecule has 0 aromatic heterocycles. The third kappa shape index (κ3) is 5.65. The van der Waals surface area contributed by atoms with Crippen molar-refractivity contribution >= 4 is 11.9 Å².